The molecule has 1 amide bonds. The third kappa shape index (κ3) is 3.56. The van der Waals surface area contributed by atoms with Crippen molar-refractivity contribution in [3.05, 3.63) is 59.2 Å². The van der Waals surface area contributed by atoms with E-state index in [0.29, 0.717) is 31.0 Å². The summed E-state index contributed by atoms with van der Waals surface area (Å²) in [6.45, 7) is 7.91. The highest BCUT2D eigenvalue weighted by molar-refractivity contribution is 5.95. The van der Waals surface area contributed by atoms with Gasteiger partial charge < -0.3 is 10.6 Å². The van der Waals surface area contributed by atoms with Crippen LogP contribution >= 0.6 is 0 Å². The maximum absolute atomic E-state index is 13.1. The molecule has 0 spiro atoms. The average molecular weight is 338 g/mol. The fourth-order valence-corrected chi connectivity index (χ4v) is 3.62. The highest BCUT2D eigenvalue weighted by Gasteiger charge is 2.36. The zero-order valence-corrected chi connectivity index (χ0v) is 15.1. The summed E-state index contributed by atoms with van der Waals surface area (Å²) in [4.78, 5) is 23.8. The standard InChI is InChI=1S/C20H26N4O/c1-13(2)19-17(10-22-14(3)23-19)20(25)24-11-16(9-21)18(12-24)15-7-5-4-6-8-15/h4-8,10,13,16,18H,9,11-12,21H2,1-3H3/t16-,18+/m1/s1. The summed E-state index contributed by atoms with van der Waals surface area (Å²) >= 11 is 0. The van der Waals surface area contributed by atoms with E-state index in [9.17, 15) is 4.79 Å². The lowest BCUT2D eigenvalue weighted by Crippen LogP contribution is -2.31. The van der Waals surface area contributed by atoms with E-state index in [2.05, 4.69) is 35.9 Å². The monoisotopic (exact) mass is 338 g/mol. The molecule has 0 aliphatic carbocycles. The summed E-state index contributed by atoms with van der Waals surface area (Å²) in [5, 5.41) is 0. The maximum Gasteiger partial charge on any atom is 0.257 e. The number of hydrogen-bond donors (Lipinski definition) is 1. The van der Waals surface area contributed by atoms with Crippen molar-refractivity contribution in [3.8, 4) is 0 Å². The molecule has 132 valence electrons. The van der Waals surface area contributed by atoms with E-state index < -0.39 is 0 Å². The Bertz CT molecular complexity index is 745. The van der Waals surface area contributed by atoms with Crippen molar-refractivity contribution in [3.63, 3.8) is 0 Å². The van der Waals surface area contributed by atoms with Gasteiger partial charge in [-0.25, -0.2) is 9.97 Å². The van der Waals surface area contributed by atoms with Crippen molar-refractivity contribution in [1.82, 2.24) is 14.9 Å². The van der Waals surface area contributed by atoms with Gasteiger partial charge in [0.15, 0.2) is 0 Å². The molecule has 0 radical (unpaired) electrons. The molecule has 2 heterocycles. The molecular formula is C20H26N4O. The Morgan fingerprint density at radius 1 is 1.28 bits per heavy atom. The fraction of sp³-hybridized carbons (Fsp3) is 0.450. The average Bonchev–Trinajstić information content (AvgIpc) is 3.06. The van der Waals surface area contributed by atoms with Crippen molar-refractivity contribution in [2.24, 2.45) is 11.7 Å². The Morgan fingerprint density at radius 3 is 2.64 bits per heavy atom. The molecule has 1 aliphatic rings. The molecule has 1 aromatic heterocycles. The number of carbonyl (C=O) groups is 1. The lowest BCUT2D eigenvalue weighted by Gasteiger charge is -2.19. The Hall–Kier alpha value is -2.27. The Labute approximate surface area is 149 Å². The molecule has 0 saturated carbocycles. The molecule has 0 bridgehead atoms. The Balaban J connectivity index is 1.87. The first-order chi connectivity index (χ1) is 12.0. The molecule has 1 saturated heterocycles. The quantitative estimate of drug-likeness (QED) is 0.930. The van der Waals surface area contributed by atoms with Gasteiger partial charge in [-0.2, -0.15) is 0 Å². The van der Waals surface area contributed by atoms with Gasteiger partial charge in [0.2, 0.25) is 0 Å². The van der Waals surface area contributed by atoms with E-state index in [1.54, 1.807) is 6.20 Å². The van der Waals surface area contributed by atoms with Gasteiger partial charge in [-0.3, -0.25) is 4.79 Å². The van der Waals surface area contributed by atoms with Crippen LogP contribution in [0.2, 0.25) is 0 Å². The zero-order valence-electron chi connectivity index (χ0n) is 15.1. The van der Waals surface area contributed by atoms with Gasteiger partial charge in [0, 0.05) is 25.2 Å². The Morgan fingerprint density at radius 2 is 2.00 bits per heavy atom. The van der Waals surface area contributed by atoms with Crippen LogP contribution < -0.4 is 5.73 Å². The summed E-state index contributed by atoms with van der Waals surface area (Å²) < 4.78 is 0. The molecule has 1 aromatic carbocycles. The highest BCUT2D eigenvalue weighted by Crippen LogP contribution is 2.33. The summed E-state index contributed by atoms with van der Waals surface area (Å²) in [6, 6.07) is 10.3. The first-order valence-electron chi connectivity index (χ1n) is 8.89. The van der Waals surface area contributed by atoms with Gasteiger partial charge in [-0.15, -0.1) is 0 Å². The van der Waals surface area contributed by atoms with Crippen LogP contribution in [0.25, 0.3) is 0 Å². The topological polar surface area (TPSA) is 72.1 Å². The number of benzene rings is 1. The number of carbonyl (C=O) groups excluding carboxylic acids is 1. The van der Waals surface area contributed by atoms with Crippen LogP contribution in [0.15, 0.2) is 36.5 Å². The van der Waals surface area contributed by atoms with E-state index in [4.69, 9.17) is 5.73 Å². The summed E-state index contributed by atoms with van der Waals surface area (Å²) in [7, 11) is 0. The van der Waals surface area contributed by atoms with Gasteiger partial charge in [-0.1, -0.05) is 44.2 Å². The SMILES string of the molecule is Cc1ncc(C(=O)N2C[C@@H](CN)[C@H](c3ccccc3)C2)c(C(C)C)n1. The van der Waals surface area contributed by atoms with Gasteiger partial charge >= 0.3 is 0 Å². The van der Waals surface area contributed by atoms with E-state index in [0.717, 1.165) is 5.69 Å². The molecule has 5 nitrogen and oxygen atoms in total. The van der Waals surface area contributed by atoms with Crippen LogP contribution in [-0.4, -0.2) is 40.4 Å². The third-order valence-electron chi connectivity index (χ3n) is 4.97. The molecular weight excluding hydrogens is 312 g/mol. The second-order valence-electron chi connectivity index (χ2n) is 7.09. The number of aryl methyl sites for hydroxylation is 1. The Kier molecular flexibility index (Phi) is 5.13. The maximum atomic E-state index is 13.1. The van der Waals surface area contributed by atoms with E-state index in [-0.39, 0.29) is 23.7 Å². The first-order valence-corrected chi connectivity index (χ1v) is 8.89. The third-order valence-corrected chi connectivity index (χ3v) is 4.97. The van der Waals surface area contributed by atoms with E-state index in [1.165, 1.54) is 5.56 Å². The number of aromatic nitrogens is 2. The van der Waals surface area contributed by atoms with Crippen molar-refractivity contribution in [2.45, 2.75) is 32.6 Å². The zero-order chi connectivity index (χ0) is 18.0. The molecule has 0 unspecified atom stereocenters. The number of hydrogen-bond acceptors (Lipinski definition) is 4. The van der Waals surface area contributed by atoms with Crippen molar-refractivity contribution in [2.75, 3.05) is 19.6 Å². The smallest absolute Gasteiger partial charge is 0.257 e. The van der Waals surface area contributed by atoms with Gasteiger partial charge in [0.05, 0.1) is 11.3 Å². The lowest BCUT2D eigenvalue weighted by molar-refractivity contribution is 0.0784. The minimum atomic E-state index is 0.0144. The van der Waals surface area contributed by atoms with Gasteiger partial charge in [0.1, 0.15) is 5.82 Å². The van der Waals surface area contributed by atoms with Crippen LogP contribution in [0, 0.1) is 12.8 Å². The number of nitrogens with zero attached hydrogens (tertiary/aromatic N) is 3. The number of nitrogens with two attached hydrogens (primary N) is 1. The molecule has 3 rings (SSSR count). The summed E-state index contributed by atoms with van der Waals surface area (Å²) in [5.74, 6) is 1.45. The molecule has 25 heavy (non-hydrogen) atoms. The van der Waals surface area contributed by atoms with E-state index >= 15 is 0 Å². The second-order valence-corrected chi connectivity index (χ2v) is 7.09. The van der Waals surface area contributed by atoms with Gasteiger partial charge in [-0.05, 0) is 30.9 Å². The minimum absolute atomic E-state index is 0.0144. The van der Waals surface area contributed by atoms with Crippen LogP contribution in [-0.2, 0) is 0 Å². The first kappa shape index (κ1) is 17.5. The van der Waals surface area contributed by atoms with Crippen molar-refractivity contribution >= 4 is 5.91 Å². The van der Waals surface area contributed by atoms with E-state index in [1.807, 2.05) is 30.0 Å². The molecule has 1 fully saturated rings. The predicted octanol–water partition coefficient (Wildman–Crippen LogP) is 2.72. The molecule has 2 atom stereocenters. The van der Waals surface area contributed by atoms with Crippen LogP contribution in [0.4, 0.5) is 0 Å². The van der Waals surface area contributed by atoms with Crippen molar-refractivity contribution < 1.29 is 4.79 Å². The molecule has 5 heteroatoms. The number of rotatable bonds is 4. The normalized spacial score (nSPS) is 20.3. The van der Waals surface area contributed by atoms with Crippen LogP contribution in [0.5, 0.6) is 0 Å². The minimum Gasteiger partial charge on any atom is -0.338 e. The number of likely N-dealkylation sites (tertiary alicyclic amines) is 1. The van der Waals surface area contributed by atoms with Crippen LogP contribution in [0.3, 0.4) is 0 Å². The second kappa shape index (κ2) is 7.31. The largest absolute Gasteiger partial charge is 0.338 e. The summed E-state index contributed by atoms with van der Waals surface area (Å²) in [6.07, 6.45) is 1.67. The van der Waals surface area contributed by atoms with Crippen molar-refractivity contribution in [1.29, 1.82) is 0 Å². The van der Waals surface area contributed by atoms with Gasteiger partial charge in [0.25, 0.3) is 5.91 Å². The summed E-state index contributed by atoms with van der Waals surface area (Å²) in [5.41, 5.74) is 8.69. The molecule has 1 aliphatic heterocycles. The highest BCUT2D eigenvalue weighted by atomic mass is 16.2. The lowest BCUT2D eigenvalue weighted by atomic mass is 9.89. The molecule has 2 aromatic rings. The predicted molar refractivity (Wildman–Crippen MR) is 98.5 cm³/mol. The number of amides is 1. The molecule has 2 N–H and O–H groups in total. The fourth-order valence-electron chi connectivity index (χ4n) is 3.62. The van der Waals surface area contributed by atoms with Crippen LogP contribution in [0.1, 0.15) is 53.1 Å².